The van der Waals surface area contributed by atoms with Crippen molar-refractivity contribution in [1.29, 1.82) is 0 Å². The van der Waals surface area contributed by atoms with Crippen molar-refractivity contribution < 1.29 is 4.79 Å². The lowest BCUT2D eigenvalue weighted by Gasteiger charge is -2.06. The van der Waals surface area contributed by atoms with Gasteiger partial charge >= 0.3 is 0 Å². The summed E-state index contributed by atoms with van der Waals surface area (Å²) in [4.78, 5) is 12.3. The Morgan fingerprint density at radius 1 is 1.41 bits per heavy atom. The highest BCUT2D eigenvalue weighted by Gasteiger charge is 2.01. The van der Waals surface area contributed by atoms with Crippen LogP contribution in [0.15, 0.2) is 29.2 Å². The molecule has 0 saturated carbocycles. The van der Waals surface area contributed by atoms with Crippen molar-refractivity contribution >= 4 is 17.7 Å². The van der Waals surface area contributed by atoms with Crippen molar-refractivity contribution in [3.63, 3.8) is 0 Å². The summed E-state index contributed by atoms with van der Waals surface area (Å²) in [6.07, 6.45) is 1.14. The molecule has 0 aliphatic rings. The van der Waals surface area contributed by atoms with Gasteiger partial charge in [0.25, 0.3) is 0 Å². The fourth-order valence-electron chi connectivity index (χ4n) is 1.38. The van der Waals surface area contributed by atoms with Crippen LogP contribution in [0, 0.1) is 0 Å². The SMILES string of the molecule is CCCNCc1cccc(SCC(=O)NC)c1. The smallest absolute Gasteiger partial charge is 0.230 e. The molecule has 2 N–H and O–H groups in total. The standard InChI is InChI=1S/C13H20N2OS/c1-3-7-15-9-11-5-4-6-12(8-11)17-10-13(16)14-2/h4-6,8,15H,3,7,9-10H2,1-2H3,(H,14,16). The van der Waals surface area contributed by atoms with Crippen LogP contribution in [0.3, 0.4) is 0 Å². The second-order valence-electron chi connectivity index (χ2n) is 3.79. The highest BCUT2D eigenvalue weighted by Crippen LogP contribution is 2.18. The fraction of sp³-hybridized carbons (Fsp3) is 0.462. The van der Waals surface area contributed by atoms with Gasteiger partial charge in [-0.25, -0.2) is 0 Å². The first-order valence-electron chi connectivity index (χ1n) is 5.89. The van der Waals surface area contributed by atoms with Crippen LogP contribution in [-0.2, 0) is 11.3 Å². The van der Waals surface area contributed by atoms with E-state index in [0.717, 1.165) is 24.4 Å². The minimum atomic E-state index is 0.0597. The first-order valence-corrected chi connectivity index (χ1v) is 6.88. The molecule has 3 nitrogen and oxygen atoms in total. The van der Waals surface area contributed by atoms with Crippen LogP contribution in [0.1, 0.15) is 18.9 Å². The molecule has 0 atom stereocenters. The Bertz CT molecular complexity index is 355. The maximum Gasteiger partial charge on any atom is 0.230 e. The van der Waals surface area contributed by atoms with Crippen LogP contribution in [0.25, 0.3) is 0 Å². The third-order valence-corrected chi connectivity index (χ3v) is 3.30. The number of benzene rings is 1. The Hall–Kier alpha value is -1.00. The van der Waals surface area contributed by atoms with E-state index < -0.39 is 0 Å². The van der Waals surface area contributed by atoms with Crippen molar-refractivity contribution in [3.05, 3.63) is 29.8 Å². The van der Waals surface area contributed by atoms with Crippen LogP contribution in [0.4, 0.5) is 0 Å². The quantitative estimate of drug-likeness (QED) is 0.576. The zero-order chi connectivity index (χ0) is 12.5. The van der Waals surface area contributed by atoms with Gasteiger partial charge in [0, 0.05) is 18.5 Å². The molecule has 0 radical (unpaired) electrons. The third-order valence-electron chi connectivity index (χ3n) is 2.30. The Kier molecular flexibility index (Phi) is 6.74. The lowest BCUT2D eigenvalue weighted by atomic mass is 10.2. The van der Waals surface area contributed by atoms with Gasteiger partial charge in [-0.3, -0.25) is 4.79 Å². The second-order valence-corrected chi connectivity index (χ2v) is 4.83. The van der Waals surface area contributed by atoms with Gasteiger partial charge in [-0.15, -0.1) is 11.8 Å². The molecule has 1 amide bonds. The van der Waals surface area contributed by atoms with E-state index >= 15 is 0 Å². The Labute approximate surface area is 107 Å². The van der Waals surface area contributed by atoms with E-state index in [1.807, 2.05) is 12.1 Å². The largest absolute Gasteiger partial charge is 0.358 e. The molecule has 0 aliphatic heterocycles. The van der Waals surface area contributed by atoms with Crippen molar-refractivity contribution in [1.82, 2.24) is 10.6 Å². The normalized spacial score (nSPS) is 10.2. The Morgan fingerprint density at radius 2 is 2.24 bits per heavy atom. The third kappa shape index (κ3) is 5.75. The molecule has 0 heterocycles. The molecule has 0 unspecified atom stereocenters. The van der Waals surface area contributed by atoms with Crippen LogP contribution >= 0.6 is 11.8 Å². The highest BCUT2D eigenvalue weighted by molar-refractivity contribution is 8.00. The number of rotatable bonds is 7. The number of amides is 1. The molecule has 0 saturated heterocycles. The molecule has 1 aromatic carbocycles. The predicted molar refractivity (Wildman–Crippen MR) is 73.2 cm³/mol. The van der Waals surface area contributed by atoms with Gasteiger partial charge in [-0.2, -0.15) is 0 Å². The molecule has 1 rings (SSSR count). The van der Waals surface area contributed by atoms with Gasteiger partial charge < -0.3 is 10.6 Å². The number of carbonyl (C=O) groups is 1. The predicted octanol–water partition coefficient (Wildman–Crippen LogP) is 2.02. The fourth-order valence-corrected chi connectivity index (χ4v) is 2.23. The van der Waals surface area contributed by atoms with Gasteiger partial charge in [0.15, 0.2) is 0 Å². The molecule has 0 bridgehead atoms. The van der Waals surface area contributed by atoms with E-state index in [4.69, 9.17) is 0 Å². The minimum absolute atomic E-state index is 0.0597. The van der Waals surface area contributed by atoms with Crippen molar-refractivity contribution in [3.8, 4) is 0 Å². The minimum Gasteiger partial charge on any atom is -0.358 e. The molecule has 0 aliphatic carbocycles. The first-order chi connectivity index (χ1) is 8.26. The van der Waals surface area contributed by atoms with Crippen molar-refractivity contribution in [2.24, 2.45) is 0 Å². The lowest BCUT2D eigenvalue weighted by molar-refractivity contribution is -0.118. The van der Waals surface area contributed by atoms with Gasteiger partial charge in [-0.1, -0.05) is 19.1 Å². The molecular weight excluding hydrogens is 232 g/mol. The van der Waals surface area contributed by atoms with E-state index in [1.54, 1.807) is 18.8 Å². The Morgan fingerprint density at radius 3 is 2.94 bits per heavy atom. The second kappa shape index (κ2) is 8.14. The zero-order valence-corrected chi connectivity index (χ0v) is 11.3. The number of carbonyl (C=O) groups excluding carboxylic acids is 1. The van der Waals surface area contributed by atoms with E-state index in [0.29, 0.717) is 5.75 Å². The maximum atomic E-state index is 11.1. The van der Waals surface area contributed by atoms with E-state index in [-0.39, 0.29) is 5.91 Å². The molecule has 0 aromatic heterocycles. The van der Waals surface area contributed by atoms with Crippen molar-refractivity contribution in [2.75, 3.05) is 19.3 Å². The monoisotopic (exact) mass is 252 g/mol. The van der Waals surface area contributed by atoms with Crippen LogP contribution in [0.2, 0.25) is 0 Å². The summed E-state index contributed by atoms with van der Waals surface area (Å²) in [5, 5.41) is 5.99. The highest BCUT2D eigenvalue weighted by atomic mass is 32.2. The van der Waals surface area contributed by atoms with Crippen LogP contribution in [-0.4, -0.2) is 25.3 Å². The maximum absolute atomic E-state index is 11.1. The summed E-state index contributed by atoms with van der Waals surface area (Å²) in [5.41, 5.74) is 1.26. The zero-order valence-electron chi connectivity index (χ0n) is 10.5. The molecule has 0 spiro atoms. The topological polar surface area (TPSA) is 41.1 Å². The molecule has 4 heteroatoms. The summed E-state index contributed by atoms with van der Waals surface area (Å²) in [5.74, 6) is 0.534. The van der Waals surface area contributed by atoms with E-state index in [2.05, 4.69) is 29.7 Å². The summed E-state index contributed by atoms with van der Waals surface area (Å²) < 4.78 is 0. The van der Waals surface area contributed by atoms with E-state index in [1.165, 1.54) is 5.56 Å². The molecule has 94 valence electrons. The number of nitrogens with one attached hydrogen (secondary N) is 2. The first kappa shape index (κ1) is 14.1. The number of thioether (sulfide) groups is 1. The number of hydrogen-bond donors (Lipinski definition) is 2. The van der Waals surface area contributed by atoms with Gasteiger partial charge in [0.1, 0.15) is 0 Å². The molecule has 17 heavy (non-hydrogen) atoms. The Balaban J connectivity index is 2.44. The van der Waals surface area contributed by atoms with Gasteiger partial charge in [-0.05, 0) is 30.7 Å². The summed E-state index contributed by atoms with van der Waals surface area (Å²) >= 11 is 1.57. The van der Waals surface area contributed by atoms with Gasteiger partial charge in [0.05, 0.1) is 5.75 Å². The molecular formula is C13H20N2OS. The molecule has 1 aromatic rings. The molecule has 0 fully saturated rings. The average Bonchev–Trinajstić information content (AvgIpc) is 2.37. The van der Waals surface area contributed by atoms with Gasteiger partial charge in [0.2, 0.25) is 5.91 Å². The summed E-state index contributed by atoms with van der Waals surface area (Å²) in [6, 6.07) is 8.31. The van der Waals surface area contributed by atoms with Crippen LogP contribution in [0.5, 0.6) is 0 Å². The van der Waals surface area contributed by atoms with Crippen molar-refractivity contribution in [2.45, 2.75) is 24.8 Å². The lowest BCUT2D eigenvalue weighted by Crippen LogP contribution is -2.19. The summed E-state index contributed by atoms with van der Waals surface area (Å²) in [6.45, 7) is 4.08. The average molecular weight is 252 g/mol. The van der Waals surface area contributed by atoms with Crippen LogP contribution < -0.4 is 10.6 Å². The summed E-state index contributed by atoms with van der Waals surface area (Å²) in [7, 11) is 1.66. The van der Waals surface area contributed by atoms with E-state index in [9.17, 15) is 4.79 Å². The number of hydrogen-bond acceptors (Lipinski definition) is 3.